The van der Waals surface area contributed by atoms with Gasteiger partial charge in [0, 0.05) is 6.54 Å². The van der Waals surface area contributed by atoms with E-state index in [1.807, 2.05) is 12.1 Å². The first-order chi connectivity index (χ1) is 12.8. The first-order valence-electron chi connectivity index (χ1n) is 8.30. The molecule has 8 heteroatoms. The molecule has 7 nitrogen and oxygen atoms in total. The summed E-state index contributed by atoms with van der Waals surface area (Å²) in [6.07, 6.45) is 1.07. The second-order valence-corrected chi connectivity index (χ2v) is 7.86. The molecular formula is C19H24N2O5S. The lowest BCUT2D eigenvalue weighted by Gasteiger charge is -2.28. The highest BCUT2D eigenvalue weighted by Crippen LogP contribution is 2.24. The summed E-state index contributed by atoms with van der Waals surface area (Å²) < 4.78 is 35.8. The Balaban J connectivity index is 2.13. The van der Waals surface area contributed by atoms with E-state index < -0.39 is 22.0 Å². The molecule has 0 saturated heterocycles. The maximum absolute atomic E-state index is 12.6. The lowest BCUT2D eigenvalue weighted by atomic mass is 10.2. The average Bonchev–Trinajstić information content (AvgIpc) is 2.66. The number of carbonyl (C=O) groups is 1. The summed E-state index contributed by atoms with van der Waals surface area (Å²) in [7, 11) is -0.551. The average molecular weight is 392 g/mol. The van der Waals surface area contributed by atoms with Crippen molar-refractivity contribution in [2.24, 2.45) is 0 Å². The number of hydrogen-bond donors (Lipinski definition) is 1. The molecule has 0 spiro atoms. The Labute approximate surface area is 160 Å². The van der Waals surface area contributed by atoms with Gasteiger partial charge in [-0.1, -0.05) is 12.1 Å². The molecule has 146 valence electrons. The van der Waals surface area contributed by atoms with E-state index in [1.54, 1.807) is 50.4 Å². The van der Waals surface area contributed by atoms with Crippen molar-refractivity contribution in [3.8, 4) is 11.5 Å². The van der Waals surface area contributed by atoms with Crippen LogP contribution in [0, 0.1) is 0 Å². The van der Waals surface area contributed by atoms with E-state index in [0.29, 0.717) is 11.4 Å². The molecule has 1 N–H and O–H groups in total. The lowest BCUT2D eigenvalue weighted by Crippen LogP contribution is -2.47. The third-order valence-corrected chi connectivity index (χ3v) is 5.28. The first-order valence-corrected chi connectivity index (χ1v) is 10.1. The van der Waals surface area contributed by atoms with Crippen LogP contribution in [-0.4, -0.2) is 40.8 Å². The minimum atomic E-state index is -3.66. The predicted octanol–water partition coefficient (Wildman–Crippen LogP) is 2.17. The molecular weight excluding hydrogens is 368 g/mol. The molecule has 0 fully saturated rings. The van der Waals surface area contributed by atoms with E-state index in [2.05, 4.69) is 5.32 Å². The number of rotatable bonds is 8. The summed E-state index contributed by atoms with van der Waals surface area (Å²) in [5, 5.41) is 2.77. The van der Waals surface area contributed by atoms with Gasteiger partial charge in [-0.25, -0.2) is 8.42 Å². The van der Waals surface area contributed by atoms with Crippen LogP contribution in [-0.2, 0) is 21.4 Å². The highest BCUT2D eigenvalue weighted by atomic mass is 32.2. The Morgan fingerprint density at radius 2 is 1.48 bits per heavy atom. The standard InChI is InChI=1S/C19H24N2O5S/c1-14(19(22)20-13-15-5-9-17(25-2)10-6-15)21(27(4,23)24)16-7-11-18(26-3)12-8-16/h5-12,14H,13H2,1-4H3,(H,20,22). The van der Waals surface area contributed by atoms with Crippen LogP contribution in [0.1, 0.15) is 12.5 Å². The van der Waals surface area contributed by atoms with Crippen LogP contribution >= 0.6 is 0 Å². The van der Waals surface area contributed by atoms with E-state index >= 15 is 0 Å². The van der Waals surface area contributed by atoms with Crippen molar-refractivity contribution in [2.45, 2.75) is 19.5 Å². The number of carbonyl (C=O) groups excluding carboxylic acids is 1. The zero-order valence-electron chi connectivity index (χ0n) is 15.8. The van der Waals surface area contributed by atoms with Gasteiger partial charge >= 0.3 is 0 Å². The van der Waals surface area contributed by atoms with Crippen molar-refractivity contribution < 1.29 is 22.7 Å². The Morgan fingerprint density at radius 1 is 1.00 bits per heavy atom. The van der Waals surface area contributed by atoms with Crippen molar-refractivity contribution in [3.05, 3.63) is 54.1 Å². The van der Waals surface area contributed by atoms with Crippen molar-refractivity contribution in [1.82, 2.24) is 5.32 Å². The van der Waals surface area contributed by atoms with Crippen LogP contribution in [0.4, 0.5) is 5.69 Å². The molecule has 1 unspecified atom stereocenters. The maximum atomic E-state index is 12.6. The van der Waals surface area contributed by atoms with Crippen LogP contribution < -0.4 is 19.1 Å². The lowest BCUT2D eigenvalue weighted by molar-refractivity contribution is -0.122. The summed E-state index contributed by atoms with van der Waals surface area (Å²) in [5.41, 5.74) is 1.28. The first kappa shape index (κ1) is 20.6. The van der Waals surface area contributed by atoms with Gasteiger partial charge in [0.2, 0.25) is 15.9 Å². The molecule has 0 aromatic heterocycles. The minimum absolute atomic E-state index is 0.285. The zero-order valence-corrected chi connectivity index (χ0v) is 16.6. The minimum Gasteiger partial charge on any atom is -0.497 e. The van der Waals surface area contributed by atoms with Gasteiger partial charge in [0.25, 0.3) is 0 Å². The van der Waals surface area contributed by atoms with E-state index in [4.69, 9.17) is 9.47 Å². The summed E-state index contributed by atoms with van der Waals surface area (Å²) >= 11 is 0. The molecule has 2 rings (SSSR count). The number of nitrogens with one attached hydrogen (secondary N) is 1. The molecule has 2 aromatic rings. The monoisotopic (exact) mass is 392 g/mol. The Hall–Kier alpha value is -2.74. The van der Waals surface area contributed by atoms with Crippen LogP contribution in [0.15, 0.2) is 48.5 Å². The normalized spacial score (nSPS) is 12.1. The Morgan fingerprint density at radius 3 is 1.93 bits per heavy atom. The second kappa shape index (κ2) is 8.77. The van der Waals surface area contributed by atoms with Crippen LogP contribution in [0.25, 0.3) is 0 Å². The fourth-order valence-electron chi connectivity index (χ4n) is 2.62. The molecule has 1 amide bonds. The van der Waals surface area contributed by atoms with E-state index in [-0.39, 0.29) is 6.54 Å². The van der Waals surface area contributed by atoms with Gasteiger partial charge in [-0.2, -0.15) is 0 Å². The summed E-state index contributed by atoms with van der Waals surface area (Å²) in [6, 6.07) is 12.9. The Bertz CT molecular complexity index is 864. The number of hydrogen-bond acceptors (Lipinski definition) is 5. The number of amides is 1. The molecule has 1 atom stereocenters. The predicted molar refractivity (Wildman–Crippen MR) is 105 cm³/mol. The summed E-state index contributed by atoms with van der Waals surface area (Å²) in [5.74, 6) is 0.928. The largest absolute Gasteiger partial charge is 0.497 e. The maximum Gasteiger partial charge on any atom is 0.243 e. The van der Waals surface area contributed by atoms with Gasteiger partial charge in [-0.3, -0.25) is 9.10 Å². The van der Waals surface area contributed by atoms with Gasteiger partial charge in [0.05, 0.1) is 26.2 Å². The fourth-order valence-corrected chi connectivity index (χ4v) is 3.79. The van der Waals surface area contributed by atoms with Gasteiger partial charge < -0.3 is 14.8 Å². The topological polar surface area (TPSA) is 84.9 Å². The zero-order chi connectivity index (χ0) is 20.0. The number of anilines is 1. The van der Waals surface area contributed by atoms with Crippen LogP contribution in [0.5, 0.6) is 11.5 Å². The third-order valence-electron chi connectivity index (χ3n) is 4.04. The smallest absolute Gasteiger partial charge is 0.243 e. The number of sulfonamides is 1. The number of benzene rings is 2. The van der Waals surface area contributed by atoms with E-state index in [1.165, 1.54) is 7.11 Å². The van der Waals surface area contributed by atoms with Gasteiger partial charge in [0.15, 0.2) is 0 Å². The van der Waals surface area contributed by atoms with Crippen LogP contribution in [0.3, 0.4) is 0 Å². The molecule has 0 aliphatic heterocycles. The SMILES string of the molecule is COc1ccc(CNC(=O)C(C)N(c2ccc(OC)cc2)S(C)(=O)=O)cc1. The van der Waals surface area contributed by atoms with Crippen molar-refractivity contribution >= 4 is 21.6 Å². The molecule has 2 aromatic carbocycles. The quantitative estimate of drug-likeness (QED) is 0.744. The van der Waals surface area contributed by atoms with Gasteiger partial charge in [-0.05, 0) is 48.9 Å². The fraction of sp³-hybridized carbons (Fsp3) is 0.316. The molecule has 27 heavy (non-hydrogen) atoms. The van der Waals surface area contributed by atoms with Crippen molar-refractivity contribution in [2.75, 3.05) is 24.8 Å². The molecule has 0 heterocycles. The molecule has 0 aliphatic rings. The molecule has 0 bridgehead atoms. The Kier molecular flexibility index (Phi) is 6.68. The number of nitrogens with zero attached hydrogens (tertiary/aromatic N) is 1. The van der Waals surface area contributed by atoms with E-state index in [9.17, 15) is 13.2 Å². The van der Waals surface area contributed by atoms with Crippen LogP contribution in [0.2, 0.25) is 0 Å². The third kappa shape index (κ3) is 5.37. The number of methoxy groups -OCH3 is 2. The highest BCUT2D eigenvalue weighted by molar-refractivity contribution is 7.92. The second-order valence-electron chi connectivity index (χ2n) is 6.00. The number of ether oxygens (including phenoxy) is 2. The van der Waals surface area contributed by atoms with Gasteiger partial charge in [0.1, 0.15) is 17.5 Å². The van der Waals surface area contributed by atoms with Crippen molar-refractivity contribution in [3.63, 3.8) is 0 Å². The van der Waals surface area contributed by atoms with Crippen molar-refractivity contribution in [1.29, 1.82) is 0 Å². The van der Waals surface area contributed by atoms with Gasteiger partial charge in [-0.15, -0.1) is 0 Å². The summed E-state index contributed by atoms with van der Waals surface area (Å²) in [6.45, 7) is 1.84. The molecule has 0 radical (unpaired) electrons. The highest BCUT2D eigenvalue weighted by Gasteiger charge is 2.28. The molecule has 0 saturated carbocycles. The summed E-state index contributed by atoms with van der Waals surface area (Å²) in [4.78, 5) is 12.6. The molecule has 0 aliphatic carbocycles. The van der Waals surface area contributed by atoms with E-state index in [0.717, 1.165) is 21.9 Å².